The number of ether oxygens (including phenoxy) is 1. The Hall–Kier alpha value is -1.87. The Balaban J connectivity index is 1.45. The predicted molar refractivity (Wildman–Crippen MR) is 119 cm³/mol. The minimum atomic E-state index is -0.213. The van der Waals surface area contributed by atoms with E-state index in [0.29, 0.717) is 23.5 Å². The largest absolute Gasteiger partial charge is 0.497 e. The van der Waals surface area contributed by atoms with E-state index < -0.39 is 0 Å². The van der Waals surface area contributed by atoms with Crippen molar-refractivity contribution in [2.24, 2.45) is 28.6 Å². The molecule has 160 valence electrons. The fourth-order valence-corrected chi connectivity index (χ4v) is 7.34. The maximum atomic E-state index is 13.5. The molecule has 6 atom stereocenters. The van der Waals surface area contributed by atoms with Crippen molar-refractivity contribution in [2.45, 2.75) is 64.9 Å². The van der Waals surface area contributed by atoms with Crippen LogP contribution in [0.2, 0.25) is 0 Å². The molecule has 0 saturated heterocycles. The van der Waals surface area contributed by atoms with E-state index in [-0.39, 0.29) is 16.9 Å². The quantitative estimate of drug-likeness (QED) is 0.515. The van der Waals surface area contributed by atoms with Gasteiger partial charge in [-0.1, -0.05) is 37.6 Å². The molecule has 3 heteroatoms. The van der Waals surface area contributed by atoms with Crippen LogP contribution in [0.3, 0.4) is 0 Å². The van der Waals surface area contributed by atoms with Crippen LogP contribution in [-0.2, 0) is 4.79 Å². The van der Waals surface area contributed by atoms with Gasteiger partial charge in [-0.2, -0.15) is 0 Å². The smallest absolute Gasteiger partial charge is 0.165 e. The number of ketones is 1. The Morgan fingerprint density at radius 3 is 2.50 bits per heavy atom. The van der Waals surface area contributed by atoms with Crippen molar-refractivity contribution in [2.75, 3.05) is 7.11 Å². The van der Waals surface area contributed by atoms with Gasteiger partial charge in [-0.05, 0) is 97.5 Å². The summed E-state index contributed by atoms with van der Waals surface area (Å²) < 4.78 is 5.26. The van der Waals surface area contributed by atoms with Crippen molar-refractivity contribution in [1.29, 1.82) is 0 Å². The van der Waals surface area contributed by atoms with Crippen LogP contribution in [0, 0.1) is 28.6 Å². The van der Waals surface area contributed by atoms with Crippen molar-refractivity contribution >= 4 is 11.9 Å². The maximum absolute atomic E-state index is 13.5. The number of fused-ring (bicyclic) bond motifs is 5. The van der Waals surface area contributed by atoms with Crippen LogP contribution in [0.1, 0.15) is 64.4 Å². The second-order valence-corrected chi connectivity index (χ2v) is 10.6. The summed E-state index contributed by atoms with van der Waals surface area (Å²) in [6, 6.07) is 8.00. The number of aliphatic hydroxyl groups is 1. The second kappa shape index (κ2) is 7.09. The van der Waals surface area contributed by atoms with Crippen molar-refractivity contribution in [3.8, 4) is 5.75 Å². The molecule has 3 nitrogen and oxygen atoms in total. The minimum Gasteiger partial charge on any atom is -0.497 e. The third kappa shape index (κ3) is 2.92. The summed E-state index contributed by atoms with van der Waals surface area (Å²) >= 11 is 0. The zero-order valence-electron chi connectivity index (χ0n) is 18.5. The molecule has 4 aliphatic rings. The third-order valence-electron chi connectivity index (χ3n) is 9.17. The summed E-state index contributed by atoms with van der Waals surface area (Å²) in [5, 5.41) is 10.2. The molecule has 0 unspecified atom stereocenters. The molecule has 30 heavy (non-hydrogen) atoms. The van der Waals surface area contributed by atoms with Gasteiger partial charge in [-0.3, -0.25) is 4.79 Å². The molecule has 1 aromatic carbocycles. The SMILES string of the molecule is COc1ccc(/C=C2/C[C@H]3[C@@H]4CC=C5C[C@@H](O)CC[C@]5(C)[C@@H]4CC[C@@]3(C)C2=O)cc1. The fourth-order valence-electron chi connectivity index (χ4n) is 7.34. The van der Waals surface area contributed by atoms with Crippen LogP contribution in [-0.4, -0.2) is 24.1 Å². The third-order valence-corrected chi connectivity index (χ3v) is 9.17. The van der Waals surface area contributed by atoms with E-state index in [1.807, 2.05) is 24.3 Å². The first kappa shape index (κ1) is 20.1. The lowest BCUT2D eigenvalue weighted by Crippen LogP contribution is -2.50. The highest BCUT2D eigenvalue weighted by atomic mass is 16.5. The maximum Gasteiger partial charge on any atom is 0.165 e. The zero-order valence-corrected chi connectivity index (χ0v) is 18.5. The van der Waals surface area contributed by atoms with Gasteiger partial charge in [0, 0.05) is 5.41 Å². The summed E-state index contributed by atoms with van der Waals surface area (Å²) in [4.78, 5) is 13.5. The summed E-state index contributed by atoms with van der Waals surface area (Å²) in [6.07, 6.45) is 11.4. The fraction of sp³-hybridized carbons (Fsp3) is 0.593. The molecule has 4 aliphatic carbocycles. The molecule has 3 saturated carbocycles. The molecule has 0 amide bonds. The van der Waals surface area contributed by atoms with Gasteiger partial charge in [0.25, 0.3) is 0 Å². The number of Topliss-reactive ketones (excluding diaryl/α,β-unsaturated/α-hetero) is 1. The number of aliphatic hydroxyl groups excluding tert-OH is 1. The van der Waals surface area contributed by atoms with Crippen molar-refractivity contribution < 1.29 is 14.6 Å². The molecule has 5 rings (SSSR count). The van der Waals surface area contributed by atoms with Gasteiger partial charge in [0.05, 0.1) is 13.2 Å². The number of methoxy groups -OCH3 is 1. The molecule has 0 bridgehead atoms. The van der Waals surface area contributed by atoms with Crippen LogP contribution in [0.25, 0.3) is 6.08 Å². The van der Waals surface area contributed by atoms with E-state index in [2.05, 4.69) is 26.0 Å². The van der Waals surface area contributed by atoms with Crippen molar-refractivity contribution in [3.63, 3.8) is 0 Å². The number of carbonyl (C=O) groups excluding carboxylic acids is 1. The Morgan fingerprint density at radius 1 is 1.03 bits per heavy atom. The first-order valence-corrected chi connectivity index (χ1v) is 11.6. The van der Waals surface area contributed by atoms with Crippen LogP contribution in [0.4, 0.5) is 0 Å². The van der Waals surface area contributed by atoms with E-state index in [1.54, 1.807) is 7.11 Å². The molecule has 0 spiro atoms. The minimum absolute atomic E-state index is 0.165. The monoisotopic (exact) mass is 406 g/mol. The van der Waals surface area contributed by atoms with Gasteiger partial charge in [-0.15, -0.1) is 0 Å². The molecular formula is C27H34O3. The Kier molecular flexibility index (Phi) is 4.74. The lowest BCUT2D eigenvalue weighted by Gasteiger charge is -2.56. The molecular weight excluding hydrogens is 372 g/mol. The van der Waals surface area contributed by atoms with Gasteiger partial charge in [0.1, 0.15) is 5.75 Å². The molecule has 0 aromatic heterocycles. The van der Waals surface area contributed by atoms with E-state index in [0.717, 1.165) is 61.8 Å². The van der Waals surface area contributed by atoms with Crippen molar-refractivity contribution in [3.05, 3.63) is 47.1 Å². The van der Waals surface area contributed by atoms with E-state index in [4.69, 9.17) is 4.74 Å². The average molecular weight is 407 g/mol. The van der Waals surface area contributed by atoms with Gasteiger partial charge in [0.2, 0.25) is 0 Å². The van der Waals surface area contributed by atoms with Crippen LogP contribution in [0.15, 0.2) is 41.5 Å². The lowest BCUT2D eigenvalue weighted by atomic mass is 9.48. The molecule has 0 radical (unpaired) electrons. The Bertz CT molecular complexity index is 911. The highest BCUT2D eigenvalue weighted by Gasteiger charge is 2.59. The molecule has 3 fully saturated rings. The predicted octanol–water partition coefficient (Wildman–Crippen LogP) is 5.58. The summed E-state index contributed by atoms with van der Waals surface area (Å²) in [5.74, 6) is 2.89. The van der Waals surface area contributed by atoms with E-state index >= 15 is 0 Å². The first-order valence-electron chi connectivity index (χ1n) is 11.6. The number of hydrogen-bond acceptors (Lipinski definition) is 3. The van der Waals surface area contributed by atoms with Crippen molar-refractivity contribution in [1.82, 2.24) is 0 Å². The average Bonchev–Trinajstić information content (AvgIpc) is 3.00. The Labute approximate surface area is 180 Å². The number of hydrogen-bond donors (Lipinski definition) is 1. The van der Waals surface area contributed by atoms with Gasteiger partial charge < -0.3 is 9.84 Å². The number of carbonyl (C=O) groups is 1. The van der Waals surface area contributed by atoms with Crippen LogP contribution >= 0.6 is 0 Å². The van der Waals surface area contributed by atoms with Crippen LogP contribution < -0.4 is 4.74 Å². The van der Waals surface area contributed by atoms with E-state index in [9.17, 15) is 9.90 Å². The highest BCUT2D eigenvalue weighted by molar-refractivity contribution is 6.05. The molecule has 1 N–H and O–H groups in total. The number of allylic oxidation sites excluding steroid dienone is 2. The molecule has 0 heterocycles. The van der Waals surface area contributed by atoms with Gasteiger partial charge >= 0.3 is 0 Å². The number of rotatable bonds is 2. The van der Waals surface area contributed by atoms with Gasteiger partial charge in [0.15, 0.2) is 5.78 Å². The van der Waals surface area contributed by atoms with Crippen LogP contribution in [0.5, 0.6) is 5.75 Å². The summed E-state index contributed by atoms with van der Waals surface area (Å²) in [7, 11) is 1.67. The number of benzene rings is 1. The molecule has 0 aliphatic heterocycles. The zero-order chi connectivity index (χ0) is 21.1. The lowest BCUT2D eigenvalue weighted by molar-refractivity contribution is -0.130. The Morgan fingerprint density at radius 2 is 1.77 bits per heavy atom. The first-order chi connectivity index (χ1) is 14.3. The topological polar surface area (TPSA) is 46.5 Å². The highest BCUT2D eigenvalue weighted by Crippen LogP contribution is 2.64. The normalized spacial score (nSPS) is 41.7. The standard InChI is InChI=1S/C27H34O3/c1-26-12-10-20(28)16-19(26)6-9-22-23(26)11-13-27(2)24(22)15-18(25(27)29)14-17-4-7-21(30-3)8-5-17/h4-8,14,20,22-24,28H,9-13,15-16H2,1-3H3/b18-14-/t20-,22+,23+,24-,26-,27+/m0/s1. The second-order valence-electron chi connectivity index (χ2n) is 10.6. The summed E-state index contributed by atoms with van der Waals surface area (Å²) in [5.41, 5.74) is 3.58. The summed E-state index contributed by atoms with van der Waals surface area (Å²) in [6.45, 7) is 4.67. The van der Waals surface area contributed by atoms with Gasteiger partial charge in [-0.25, -0.2) is 0 Å². The molecule has 1 aromatic rings. The van der Waals surface area contributed by atoms with E-state index in [1.165, 1.54) is 5.57 Å².